The lowest BCUT2D eigenvalue weighted by molar-refractivity contribution is -0.114. The summed E-state index contributed by atoms with van der Waals surface area (Å²) in [5.41, 5.74) is -0.283. The van der Waals surface area contributed by atoms with Crippen molar-refractivity contribution in [2.24, 2.45) is 0 Å². The van der Waals surface area contributed by atoms with Gasteiger partial charge in [0.05, 0.1) is 23.9 Å². The molecule has 1 aromatic rings. The summed E-state index contributed by atoms with van der Waals surface area (Å²) in [4.78, 5) is 22.8. The maximum absolute atomic E-state index is 13.6. The summed E-state index contributed by atoms with van der Waals surface area (Å²) in [6, 6.07) is 5.59. The zero-order chi connectivity index (χ0) is 20.2. The molecule has 0 N–H and O–H groups in total. The fourth-order valence-corrected chi connectivity index (χ4v) is 4.50. The van der Waals surface area contributed by atoms with Gasteiger partial charge in [0, 0.05) is 51.9 Å². The minimum absolute atomic E-state index is 0.140. The summed E-state index contributed by atoms with van der Waals surface area (Å²) in [5, 5.41) is 0. The molecule has 0 aromatic carbocycles. The van der Waals surface area contributed by atoms with Crippen LogP contribution in [0.15, 0.2) is 24.4 Å². The first kappa shape index (κ1) is 21.4. The van der Waals surface area contributed by atoms with Crippen molar-refractivity contribution >= 4 is 5.78 Å². The van der Waals surface area contributed by atoms with Crippen LogP contribution in [0, 0.1) is 0 Å². The van der Waals surface area contributed by atoms with Crippen LogP contribution in [0.1, 0.15) is 51.0 Å². The smallest absolute Gasteiger partial charge is 0.201 e. The van der Waals surface area contributed by atoms with Crippen LogP contribution in [0.3, 0.4) is 0 Å². The predicted molar refractivity (Wildman–Crippen MR) is 110 cm³/mol. The normalized spacial score (nSPS) is 26.5. The summed E-state index contributed by atoms with van der Waals surface area (Å²) < 4.78 is 11.7. The van der Waals surface area contributed by atoms with Crippen LogP contribution in [0.5, 0.6) is 0 Å². The SMILES string of the molecule is CC(C)OCCN1CCN([C@@]2(C(=O)c3ccccn3)CCOC(C)(C)C2)CC1. The lowest BCUT2D eigenvalue weighted by Crippen LogP contribution is -2.65. The van der Waals surface area contributed by atoms with Crippen molar-refractivity contribution in [1.29, 1.82) is 0 Å². The monoisotopic (exact) mass is 389 g/mol. The maximum atomic E-state index is 13.6. The highest BCUT2D eigenvalue weighted by Crippen LogP contribution is 2.39. The van der Waals surface area contributed by atoms with E-state index in [1.165, 1.54) is 0 Å². The first-order valence-electron chi connectivity index (χ1n) is 10.5. The van der Waals surface area contributed by atoms with Gasteiger partial charge in [-0.1, -0.05) is 6.07 Å². The van der Waals surface area contributed by atoms with E-state index in [9.17, 15) is 4.79 Å². The zero-order valence-corrected chi connectivity index (χ0v) is 17.8. The van der Waals surface area contributed by atoms with Crippen LogP contribution in [0.2, 0.25) is 0 Å². The molecular formula is C22H35N3O3. The molecule has 3 heterocycles. The third-order valence-electron chi connectivity index (χ3n) is 5.88. The van der Waals surface area contributed by atoms with Crippen LogP contribution in [0.4, 0.5) is 0 Å². The molecule has 28 heavy (non-hydrogen) atoms. The lowest BCUT2D eigenvalue weighted by Gasteiger charge is -2.52. The van der Waals surface area contributed by atoms with Crippen molar-refractivity contribution in [3.63, 3.8) is 0 Å². The number of aromatic nitrogens is 1. The van der Waals surface area contributed by atoms with Gasteiger partial charge < -0.3 is 9.47 Å². The van der Waals surface area contributed by atoms with Gasteiger partial charge in [-0.05, 0) is 46.2 Å². The van der Waals surface area contributed by atoms with Gasteiger partial charge in [0.25, 0.3) is 0 Å². The molecule has 0 spiro atoms. The van der Waals surface area contributed by atoms with E-state index >= 15 is 0 Å². The molecule has 0 aliphatic carbocycles. The average molecular weight is 390 g/mol. The number of carbonyl (C=O) groups excluding carboxylic acids is 1. The largest absolute Gasteiger partial charge is 0.377 e. The Morgan fingerprint density at radius 2 is 2.00 bits per heavy atom. The molecule has 0 unspecified atom stereocenters. The van der Waals surface area contributed by atoms with Crippen LogP contribution in [-0.4, -0.2) is 83.7 Å². The van der Waals surface area contributed by atoms with Crippen molar-refractivity contribution in [3.05, 3.63) is 30.1 Å². The van der Waals surface area contributed by atoms with Gasteiger partial charge in [0.1, 0.15) is 5.69 Å². The second-order valence-electron chi connectivity index (χ2n) is 8.86. The molecule has 6 nitrogen and oxygen atoms in total. The summed E-state index contributed by atoms with van der Waals surface area (Å²) in [7, 11) is 0. The zero-order valence-electron chi connectivity index (χ0n) is 17.8. The van der Waals surface area contributed by atoms with Crippen LogP contribution in [-0.2, 0) is 9.47 Å². The van der Waals surface area contributed by atoms with E-state index in [2.05, 4.69) is 42.5 Å². The molecule has 1 aromatic heterocycles. The number of carbonyl (C=O) groups is 1. The Hall–Kier alpha value is -1.34. The summed E-state index contributed by atoms with van der Waals surface area (Å²) in [6.07, 6.45) is 3.40. The predicted octanol–water partition coefficient (Wildman–Crippen LogP) is 2.63. The Labute approximate surface area is 169 Å². The molecule has 2 aliphatic rings. The van der Waals surface area contributed by atoms with Gasteiger partial charge in [-0.25, -0.2) is 0 Å². The molecule has 0 bridgehead atoms. The highest BCUT2D eigenvalue weighted by Gasteiger charge is 2.51. The fourth-order valence-electron chi connectivity index (χ4n) is 4.50. The summed E-state index contributed by atoms with van der Waals surface area (Å²) >= 11 is 0. The minimum atomic E-state index is -0.531. The molecule has 0 radical (unpaired) electrons. The minimum Gasteiger partial charge on any atom is -0.377 e. The molecule has 6 heteroatoms. The van der Waals surface area contributed by atoms with Crippen molar-refractivity contribution < 1.29 is 14.3 Å². The van der Waals surface area contributed by atoms with Crippen LogP contribution >= 0.6 is 0 Å². The highest BCUT2D eigenvalue weighted by atomic mass is 16.5. The fraction of sp³-hybridized carbons (Fsp3) is 0.727. The maximum Gasteiger partial charge on any atom is 0.201 e. The van der Waals surface area contributed by atoms with Crippen molar-refractivity contribution in [1.82, 2.24) is 14.8 Å². The summed E-state index contributed by atoms with van der Waals surface area (Å²) in [6.45, 7) is 14.3. The second kappa shape index (κ2) is 8.99. The topological polar surface area (TPSA) is 54.9 Å². The van der Waals surface area contributed by atoms with E-state index in [1.807, 2.05) is 18.2 Å². The van der Waals surface area contributed by atoms with E-state index in [4.69, 9.17) is 9.47 Å². The third kappa shape index (κ3) is 4.98. The number of ketones is 1. The van der Waals surface area contributed by atoms with Gasteiger partial charge >= 0.3 is 0 Å². The Morgan fingerprint density at radius 3 is 2.61 bits per heavy atom. The lowest BCUT2D eigenvalue weighted by atomic mass is 9.75. The van der Waals surface area contributed by atoms with Crippen molar-refractivity contribution in [2.75, 3.05) is 45.9 Å². The van der Waals surface area contributed by atoms with Crippen LogP contribution in [0.25, 0.3) is 0 Å². The van der Waals surface area contributed by atoms with Crippen LogP contribution < -0.4 is 0 Å². The van der Waals surface area contributed by atoms with Gasteiger partial charge in [0.2, 0.25) is 5.78 Å². The number of rotatable bonds is 7. The molecule has 0 saturated carbocycles. The van der Waals surface area contributed by atoms with E-state index in [0.717, 1.165) is 45.8 Å². The van der Waals surface area contributed by atoms with Crippen molar-refractivity contribution in [2.45, 2.75) is 57.8 Å². The van der Waals surface area contributed by atoms with Crippen molar-refractivity contribution in [3.8, 4) is 0 Å². The molecule has 156 valence electrons. The number of piperazine rings is 1. The van der Waals surface area contributed by atoms with Gasteiger partial charge in [-0.2, -0.15) is 0 Å². The quantitative estimate of drug-likeness (QED) is 0.668. The van der Waals surface area contributed by atoms with E-state index < -0.39 is 5.54 Å². The number of nitrogens with zero attached hydrogens (tertiary/aromatic N) is 3. The van der Waals surface area contributed by atoms with Gasteiger partial charge in [-0.15, -0.1) is 0 Å². The van der Waals surface area contributed by atoms with Gasteiger partial charge in [0.15, 0.2) is 0 Å². The Kier molecular flexibility index (Phi) is 6.86. The Morgan fingerprint density at radius 1 is 1.25 bits per heavy atom. The standard InChI is InChI=1S/C22H35N3O3/c1-18(2)27-16-14-24-10-12-25(13-11-24)22(8-15-28-21(3,4)17-22)20(26)19-7-5-6-9-23-19/h5-7,9,18H,8,10-17H2,1-4H3/t22-/m0/s1. The van der Waals surface area contributed by atoms with E-state index in [1.54, 1.807) is 6.20 Å². The molecule has 2 aliphatic heterocycles. The van der Waals surface area contributed by atoms with Gasteiger partial charge in [-0.3, -0.25) is 19.6 Å². The summed E-state index contributed by atoms with van der Waals surface area (Å²) in [5.74, 6) is 0.140. The Balaban J connectivity index is 1.73. The number of Topliss-reactive ketones (excluding diaryl/α,β-unsaturated/α-hetero) is 1. The number of pyridine rings is 1. The third-order valence-corrected chi connectivity index (χ3v) is 5.88. The van der Waals surface area contributed by atoms with E-state index in [-0.39, 0.29) is 17.5 Å². The average Bonchev–Trinajstić information content (AvgIpc) is 2.67. The number of hydrogen-bond acceptors (Lipinski definition) is 6. The Bertz CT molecular complexity index is 642. The molecule has 0 amide bonds. The van der Waals surface area contributed by atoms with E-state index in [0.29, 0.717) is 18.7 Å². The number of ether oxygens (including phenoxy) is 2. The molecule has 1 atom stereocenters. The molecular weight excluding hydrogens is 354 g/mol. The number of hydrogen-bond donors (Lipinski definition) is 0. The first-order valence-corrected chi connectivity index (χ1v) is 10.5. The molecule has 3 rings (SSSR count). The highest BCUT2D eigenvalue weighted by molar-refractivity contribution is 6.02. The molecule has 2 saturated heterocycles. The molecule has 2 fully saturated rings. The first-order chi connectivity index (χ1) is 13.3. The second-order valence-corrected chi connectivity index (χ2v) is 8.86.